The van der Waals surface area contributed by atoms with Gasteiger partial charge in [-0.3, -0.25) is 4.79 Å². The van der Waals surface area contributed by atoms with Crippen LogP contribution in [0.25, 0.3) is 5.65 Å². The molecule has 0 unspecified atom stereocenters. The Morgan fingerprint density at radius 1 is 1.23 bits per heavy atom. The van der Waals surface area contributed by atoms with Crippen molar-refractivity contribution >= 4 is 11.6 Å². The van der Waals surface area contributed by atoms with E-state index in [2.05, 4.69) is 5.10 Å². The Hall–Kier alpha value is -3.48. The summed E-state index contributed by atoms with van der Waals surface area (Å²) in [5.74, 6) is -2.04. The molecule has 0 atom stereocenters. The van der Waals surface area contributed by atoms with Gasteiger partial charge in [-0.15, -0.1) is 4.68 Å². The number of rotatable bonds is 2. The van der Waals surface area contributed by atoms with Gasteiger partial charge in [-0.25, -0.2) is 4.39 Å². The molecule has 3 heterocycles. The van der Waals surface area contributed by atoms with Crippen molar-refractivity contribution in [3.05, 3.63) is 64.9 Å². The maximum Gasteiger partial charge on any atom is 0.419 e. The molecule has 0 radical (unpaired) electrons. The number of fused-ring (bicyclic) bond motifs is 1. The Kier molecular flexibility index (Phi) is 5.13. The van der Waals surface area contributed by atoms with Gasteiger partial charge in [0.2, 0.25) is 0 Å². The molecule has 0 bridgehead atoms. The lowest BCUT2D eigenvalue weighted by molar-refractivity contribution is -0.516. The Labute approximate surface area is 174 Å². The number of nitrogens with zero attached hydrogens (tertiary/aromatic N) is 5. The van der Waals surface area contributed by atoms with Crippen molar-refractivity contribution in [2.45, 2.75) is 24.9 Å². The Morgan fingerprint density at radius 3 is 2.58 bits per heavy atom. The van der Waals surface area contributed by atoms with Crippen LogP contribution in [-0.2, 0) is 13.2 Å². The molecule has 1 aliphatic rings. The second-order valence-corrected chi connectivity index (χ2v) is 7.47. The standard InChI is InChI=1S/C21H18F4N5O/c1-28-17-6-5-13(11-26)12-30(17)19(27-28)20(31)29-9-7-14(8-10-29)15-3-2-4-16(22)18(15)21(23,24)25/h2-6,12,14H,7-10H2,1H3/q+1. The number of amides is 1. The number of likely N-dealkylation sites (tertiary alicyclic amines) is 1. The van der Waals surface area contributed by atoms with Gasteiger partial charge < -0.3 is 4.90 Å². The number of alkyl halides is 3. The zero-order chi connectivity index (χ0) is 22.3. The number of benzene rings is 1. The summed E-state index contributed by atoms with van der Waals surface area (Å²) in [5, 5.41) is 13.4. The van der Waals surface area contributed by atoms with Crippen molar-refractivity contribution in [3.63, 3.8) is 0 Å². The first kappa shape index (κ1) is 20.8. The van der Waals surface area contributed by atoms with E-state index < -0.39 is 23.5 Å². The van der Waals surface area contributed by atoms with Crippen LogP contribution in [0.3, 0.4) is 0 Å². The summed E-state index contributed by atoms with van der Waals surface area (Å²) < 4.78 is 57.1. The lowest BCUT2D eigenvalue weighted by Crippen LogP contribution is -2.42. The third-order valence-corrected chi connectivity index (χ3v) is 5.60. The van der Waals surface area contributed by atoms with Crippen LogP contribution < -0.4 is 4.40 Å². The second-order valence-electron chi connectivity index (χ2n) is 7.47. The average Bonchev–Trinajstić information content (AvgIpc) is 3.08. The summed E-state index contributed by atoms with van der Waals surface area (Å²) >= 11 is 0. The minimum absolute atomic E-state index is 0.0732. The van der Waals surface area contributed by atoms with Gasteiger partial charge in [-0.2, -0.15) is 22.8 Å². The summed E-state index contributed by atoms with van der Waals surface area (Å²) in [7, 11) is 1.67. The normalized spacial score (nSPS) is 15.3. The monoisotopic (exact) mass is 432 g/mol. The van der Waals surface area contributed by atoms with Crippen LogP contribution in [0, 0.1) is 17.1 Å². The SMILES string of the molecule is Cn1nc(C(=O)N2CCC(c3cccc(F)c3C(F)(F)F)CC2)[n+]2cc(C#N)ccc12. The predicted molar refractivity (Wildman–Crippen MR) is 100 cm³/mol. The van der Waals surface area contributed by atoms with Crippen molar-refractivity contribution in [1.82, 2.24) is 14.7 Å². The highest BCUT2D eigenvalue weighted by Gasteiger charge is 2.40. The molecule has 0 saturated carbocycles. The van der Waals surface area contributed by atoms with Gasteiger partial charge in [0.15, 0.2) is 0 Å². The molecule has 4 rings (SSSR count). The maximum atomic E-state index is 13.9. The average molecular weight is 432 g/mol. The summed E-state index contributed by atoms with van der Waals surface area (Å²) in [6.45, 7) is 0.432. The van der Waals surface area contributed by atoms with E-state index in [0.717, 1.165) is 6.07 Å². The van der Waals surface area contributed by atoms with Crippen LogP contribution in [0.15, 0.2) is 36.5 Å². The molecule has 0 N–H and O–H groups in total. The van der Waals surface area contributed by atoms with Gasteiger partial charge in [-0.05, 0) is 36.5 Å². The number of halogens is 4. The van der Waals surface area contributed by atoms with Crippen molar-refractivity contribution in [2.24, 2.45) is 7.05 Å². The molecule has 10 heteroatoms. The summed E-state index contributed by atoms with van der Waals surface area (Å²) in [6.07, 6.45) is -2.71. The predicted octanol–water partition coefficient (Wildman–Crippen LogP) is 3.21. The molecule has 1 amide bonds. The topological polar surface area (TPSA) is 66.0 Å². The molecule has 2 aromatic heterocycles. The van der Waals surface area contributed by atoms with E-state index in [1.54, 1.807) is 19.2 Å². The molecule has 6 nitrogen and oxygen atoms in total. The Bertz CT molecular complexity index is 1200. The molecule has 160 valence electrons. The van der Waals surface area contributed by atoms with Crippen molar-refractivity contribution in [1.29, 1.82) is 5.26 Å². The van der Waals surface area contributed by atoms with E-state index in [-0.39, 0.29) is 43.2 Å². The van der Waals surface area contributed by atoms with E-state index in [0.29, 0.717) is 11.2 Å². The molecule has 1 fully saturated rings. The maximum absolute atomic E-state index is 13.9. The van der Waals surface area contributed by atoms with Crippen LogP contribution in [-0.4, -0.2) is 33.7 Å². The second kappa shape index (κ2) is 7.65. The Morgan fingerprint density at radius 2 is 1.94 bits per heavy atom. The van der Waals surface area contributed by atoms with E-state index in [9.17, 15) is 22.4 Å². The smallest absolute Gasteiger partial charge is 0.333 e. The summed E-state index contributed by atoms with van der Waals surface area (Å²) in [6, 6.07) is 8.70. The number of hydrogen-bond donors (Lipinski definition) is 0. The van der Waals surface area contributed by atoms with Crippen molar-refractivity contribution in [2.75, 3.05) is 13.1 Å². The lowest BCUT2D eigenvalue weighted by atomic mass is 9.86. The van der Waals surface area contributed by atoms with Crippen LogP contribution in [0.4, 0.5) is 17.6 Å². The molecule has 1 saturated heterocycles. The van der Waals surface area contributed by atoms with Crippen LogP contribution >= 0.6 is 0 Å². The van der Waals surface area contributed by atoms with Crippen molar-refractivity contribution in [3.8, 4) is 6.07 Å². The fraction of sp³-hybridized carbons (Fsp3) is 0.333. The highest BCUT2D eigenvalue weighted by Crippen LogP contribution is 2.40. The number of aromatic nitrogens is 3. The van der Waals surface area contributed by atoms with Crippen LogP contribution in [0.5, 0.6) is 0 Å². The third-order valence-electron chi connectivity index (χ3n) is 5.60. The number of aryl methyl sites for hydroxylation is 1. The molecule has 1 aliphatic heterocycles. The van der Waals surface area contributed by atoms with Gasteiger partial charge >= 0.3 is 17.9 Å². The van der Waals surface area contributed by atoms with Gasteiger partial charge in [0.05, 0.1) is 29.5 Å². The molecule has 0 aliphatic carbocycles. The lowest BCUT2D eigenvalue weighted by Gasteiger charge is -2.32. The third kappa shape index (κ3) is 3.71. The number of carbonyl (C=O) groups is 1. The number of carbonyl (C=O) groups excluding carboxylic acids is 1. The number of hydrogen-bond acceptors (Lipinski definition) is 3. The zero-order valence-electron chi connectivity index (χ0n) is 16.5. The number of piperidine rings is 1. The fourth-order valence-corrected chi connectivity index (χ4v) is 4.09. The first-order chi connectivity index (χ1) is 14.7. The molecular formula is C21H18F4N5O+. The highest BCUT2D eigenvalue weighted by atomic mass is 19.4. The van der Waals surface area contributed by atoms with E-state index in [1.807, 2.05) is 6.07 Å². The minimum Gasteiger partial charge on any atom is -0.333 e. The summed E-state index contributed by atoms with van der Waals surface area (Å²) in [5.41, 5.74) is -0.318. The first-order valence-corrected chi connectivity index (χ1v) is 9.64. The molecule has 1 aromatic carbocycles. The van der Waals surface area contributed by atoms with Gasteiger partial charge in [0, 0.05) is 19.2 Å². The Balaban J connectivity index is 1.57. The highest BCUT2D eigenvalue weighted by molar-refractivity contribution is 5.89. The fourth-order valence-electron chi connectivity index (χ4n) is 4.09. The molecular weight excluding hydrogens is 414 g/mol. The van der Waals surface area contributed by atoms with Crippen LogP contribution in [0.1, 0.15) is 46.1 Å². The molecule has 0 spiro atoms. The minimum atomic E-state index is -4.78. The molecule has 31 heavy (non-hydrogen) atoms. The van der Waals surface area contributed by atoms with E-state index in [4.69, 9.17) is 5.26 Å². The number of pyridine rings is 1. The summed E-state index contributed by atoms with van der Waals surface area (Å²) in [4.78, 5) is 14.6. The largest absolute Gasteiger partial charge is 0.419 e. The van der Waals surface area contributed by atoms with Gasteiger partial charge in [0.25, 0.3) is 5.65 Å². The van der Waals surface area contributed by atoms with E-state index in [1.165, 1.54) is 32.3 Å². The van der Waals surface area contributed by atoms with Crippen LogP contribution in [0.2, 0.25) is 0 Å². The quantitative estimate of drug-likeness (QED) is 0.462. The number of nitriles is 1. The van der Waals surface area contributed by atoms with Gasteiger partial charge in [0.1, 0.15) is 11.9 Å². The van der Waals surface area contributed by atoms with E-state index >= 15 is 0 Å². The molecule has 3 aromatic rings. The first-order valence-electron chi connectivity index (χ1n) is 9.64. The van der Waals surface area contributed by atoms with Gasteiger partial charge in [-0.1, -0.05) is 12.1 Å². The van der Waals surface area contributed by atoms with Crippen molar-refractivity contribution < 1.29 is 26.8 Å². The zero-order valence-corrected chi connectivity index (χ0v) is 16.5.